The van der Waals surface area contributed by atoms with Gasteiger partial charge in [0, 0.05) is 28.5 Å². The second kappa shape index (κ2) is 8.49. The molecule has 25 heavy (non-hydrogen) atoms. The Kier molecular flexibility index (Phi) is 7.09. The van der Waals surface area contributed by atoms with E-state index in [0.29, 0.717) is 0 Å². The topological polar surface area (TPSA) is 26.3 Å². The van der Waals surface area contributed by atoms with Gasteiger partial charge in [0.15, 0.2) is 0 Å². The van der Waals surface area contributed by atoms with Gasteiger partial charge in [-0.3, -0.25) is 4.79 Å². The van der Waals surface area contributed by atoms with Crippen molar-refractivity contribution < 1.29 is 14.0 Å². The van der Waals surface area contributed by atoms with E-state index < -0.39 is 5.41 Å². The SMILES string of the molecule is CCCC(C)C(C)(C(=O)OC1CC[N+](C)(C)CC1)C1=CC=C(Cl)CS1. The molecule has 2 aliphatic heterocycles. The zero-order valence-electron chi connectivity index (χ0n) is 16.3. The number of likely N-dealkylation sites (tertiary alicyclic amines) is 1. The van der Waals surface area contributed by atoms with Crippen LogP contribution in [0.4, 0.5) is 0 Å². The number of hydrogen-bond acceptors (Lipinski definition) is 3. The summed E-state index contributed by atoms with van der Waals surface area (Å²) < 4.78 is 7.06. The van der Waals surface area contributed by atoms with Crippen LogP contribution in [0.3, 0.4) is 0 Å². The fraction of sp³-hybridized carbons (Fsp3) is 0.750. The van der Waals surface area contributed by atoms with E-state index in [4.69, 9.17) is 16.3 Å². The third-order valence-corrected chi connectivity index (χ3v) is 7.56. The molecule has 1 fully saturated rings. The van der Waals surface area contributed by atoms with Crippen molar-refractivity contribution >= 4 is 29.3 Å². The number of hydrogen-bond donors (Lipinski definition) is 0. The van der Waals surface area contributed by atoms with E-state index >= 15 is 0 Å². The highest BCUT2D eigenvalue weighted by atomic mass is 35.5. The van der Waals surface area contributed by atoms with Gasteiger partial charge in [0.2, 0.25) is 0 Å². The minimum atomic E-state index is -0.587. The standard InChI is InChI=1S/C20H33ClNO2S/c1-6-7-15(2)20(3,18-9-8-16(21)14-25-18)19(23)24-17-10-12-22(4,5)13-11-17/h8-9,15,17H,6-7,10-14H2,1-5H3/q+1. The van der Waals surface area contributed by atoms with Gasteiger partial charge in [-0.05, 0) is 25.3 Å². The molecule has 0 amide bonds. The molecule has 2 heterocycles. The van der Waals surface area contributed by atoms with Crippen molar-refractivity contribution in [2.45, 2.75) is 52.6 Å². The van der Waals surface area contributed by atoms with Crippen LogP contribution >= 0.6 is 23.4 Å². The minimum absolute atomic E-state index is 0.0557. The van der Waals surface area contributed by atoms with Crippen LogP contribution in [-0.2, 0) is 9.53 Å². The zero-order chi connectivity index (χ0) is 18.7. The number of esters is 1. The summed E-state index contributed by atoms with van der Waals surface area (Å²) in [4.78, 5) is 14.3. The predicted molar refractivity (Wildman–Crippen MR) is 108 cm³/mol. The lowest BCUT2D eigenvalue weighted by Crippen LogP contribution is -2.49. The molecule has 3 nitrogen and oxygen atoms in total. The second-order valence-electron chi connectivity index (χ2n) is 8.31. The van der Waals surface area contributed by atoms with Crippen LogP contribution in [0.5, 0.6) is 0 Å². The van der Waals surface area contributed by atoms with Crippen LogP contribution < -0.4 is 0 Å². The van der Waals surface area contributed by atoms with E-state index in [1.54, 1.807) is 11.8 Å². The van der Waals surface area contributed by atoms with Crippen molar-refractivity contribution in [1.82, 2.24) is 0 Å². The Hall–Kier alpha value is -0.450. The molecule has 5 heteroatoms. The Morgan fingerprint density at radius 1 is 1.40 bits per heavy atom. The summed E-state index contributed by atoms with van der Waals surface area (Å²) in [6, 6.07) is 0. The van der Waals surface area contributed by atoms with Gasteiger partial charge in [0.25, 0.3) is 0 Å². The van der Waals surface area contributed by atoms with Crippen LogP contribution in [0.1, 0.15) is 46.5 Å². The third-order valence-electron chi connectivity index (χ3n) is 5.81. The number of quaternary nitrogens is 1. The van der Waals surface area contributed by atoms with Crippen LogP contribution in [-0.4, -0.2) is 49.5 Å². The maximum atomic E-state index is 13.3. The van der Waals surface area contributed by atoms with Crippen LogP contribution in [0.15, 0.2) is 22.1 Å². The number of ether oxygens (including phenoxy) is 1. The molecule has 0 aromatic heterocycles. The van der Waals surface area contributed by atoms with Crippen LogP contribution in [0.25, 0.3) is 0 Å². The summed E-state index contributed by atoms with van der Waals surface area (Å²) in [6.45, 7) is 8.53. The number of piperidine rings is 1. The Bertz CT molecular complexity index is 548. The van der Waals surface area contributed by atoms with Gasteiger partial charge in [-0.2, -0.15) is 0 Å². The summed E-state index contributed by atoms with van der Waals surface area (Å²) in [5.41, 5.74) is -0.587. The molecule has 0 bridgehead atoms. The quantitative estimate of drug-likeness (QED) is 0.476. The maximum Gasteiger partial charge on any atom is 0.317 e. The van der Waals surface area contributed by atoms with E-state index in [-0.39, 0.29) is 18.0 Å². The molecular weight excluding hydrogens is 354 g/mol. The lowest BCUT2D eigenvalue weighted by molar-refractivity contribution is -0.896. The van der Waals surface area contributed by atoms with Crippen molar-refractivity contribution in [3.05, 3.63) is 22.1 Å². The van der Waals surface area contributed by atoms with E-state index in [0.717, 1.165) is 58.9 Å². The number of carbonyl (C=O) groups excluding carboxylic acids is 1. The summed E-state index contributed by atoms with van der Waals surface area (Å²) in [7, 11) is 4.48. The van der Waals surface area contributed by atoms with Gasteiger partial charge in [0.05, 0.1) is 32.6 Å². The summed E-state index contributed by atoms with van der Waals surface area (Å²) in [6.07, 6.45) is 7.98. The number of rotatable bonds is 6. The number of carbonyl (C=O) groups is 1. The van der Waals surface area contributed by atoms with Crippen molar-refractivity contribution in [2.24, 2.45) is 11.3 Å². The molecule has 1 saturated heterocycles. The molecule has 2 atom stereocenters. The van der Waals surface area contributed by atoms with Crippen molar-refractivity contribution in [2.75, 3.05) is 32.9 Å². The molecule has 0 aliphatic carbocycles. The van der Waals surface area contributed by atoms with Crippen molar-refractivity contribution in [3.63, 3.8) is 0 Å². The van der Waals surface area contributed by atoms with Gasteiger partial charge in [-0.1, -0.05) is 37.9 Å². The van der Waals surface area contributed by atoms with Crippen molar-refractivity contribution in [1.29, 1.82) is 0 Å². The van der Waals surface area contributed by atoms with Crippen LogP contribution in [0.2, 0.25) is 0 Å². The number of halogens is 1. The average molecular weight is 387 g/mol. The molecule has 0 radical (unpaired) electrons. The van der Waals surface area contributed by atoms with E-state index in [2.05, 4.69) is 34.9 Å². The smallest absolute Gasteiger partial charge is 0.317 e. The predicted octanol–water partition coefficient (Wildman–Crippen LogP) is 4.96. The summed E-state index contributed by atoms with van der Waals surface area (Å²) in [5, 5.41) is 0.833. The van der Waals surface area contributed by atoms with Gasteiger partial charge in [-0.15, -0.1) is 11.8 Å². The molecule has 0 saturated carbocycles. The molecule has 0 aromatic carbocycles. The van der Waals surface area contributed by atoms with Gasteiger partial charge < -0.3 is 9.22 Å². The zero-order valence-corrected chi connectivity index (χ0v) is 17.9. The van der Waals surface area contributed by atoms with Gasteiger partial charge in [-0.25, -0.2) is 0 Å². The van der Waals surface area contributed by atoms with E-state index in [1.807, 2.05) is 12.2 Å². The fourth-order valence-corrected chi connectivity index (χ4v) is 5.00. The molecule has 0 spiro atoms. The molecule has 0 aromatic rings. The largest absolute Gasteiger partial charge is 0.461 e. The fourth-order valence-electron chi connectivity index (χ4n) is 3.63. The minimum Gasteiger partial charge on any atom is -0.461 e. The average Bonchev–Trinajstić information content (AvgIpc) is 2.56. The summed E-state index contributed by atoms with van der Waals surface area (Å²) >= 11 is 7.79. The molecule has 2 aliphatic rings. The molecule has 2 unspecified atom stereocenters. The Morgan fingerprint density at radius 3 is 2.56 bits per heavy atom. The Labute approximate surface area is 162 Å². The molecular formula is C20H33ClNO2S+. The number of allylic oxidation sites excluding steroid dienone is 2. The first kappa shape index (κ1) is 20.9. The molecule has 2 rings (SSSR count). The highest BCUT2D eigenvalue weighted by molar-refractivity contribution is 8.03. The summed E-state index contributed by atoms with van der Waals surface area (Å²) in [5.74, 6) is 0.921. The number of thioether (sulfide) groups is 1. The van der Waals surface area contributed by atoms with Gasteiger partial charge in [0.1, 0.15) is 6.10 Å². The monoisotopic (exact) mass is 386 g/mol. The highest BCUT2D eigenvalue weighted by Gasteiger charge is 2.45. The Balaban J connectivity index is 2.16. The molecule has 142 valence electrons. The lowest BCUT2D eigenvalue weighted by atomic mass is 9.75. The highest BCUT2D eigenvalue weighted by Crippen LogP contribution is 2.47. The Morgan fingerprint density at radius 2 is 2.04 bits per heavy atom. The van der Waals surface area contributed by atoms with Crippen molar-refractivity contribution in [3.8, 4) is 0 Å². The maximum absolute atomic E-state index is 13.3. The second-order valence-corrected chi connectivity index (χ2v) is 9.82. The first-order valence-electron chi connectivity index (χ1n) is 9.41. The van der Waals surface area contributed by atoms with E-state index in [1.165, 1.54) is 0 Å². The lowest BCUT2D eigenvalue weighted by Gasteiger charge is -2.40. The van der Waals surface area contributed by atoms with Gasteiger partial charge >= 0.3 is 5.97 Å². The van der Waals surface area contributed by atoms with E-state index in [9.17, 15) is 4.79 Å². The number of nitrogens with zero attached hydrogens (tertiary/aromatic N) is 1. The first-order valence-corrected chi connectivity index (χ1v) is 10.8. The van der Waals surface area contributed by atoms with Crippen LogP contribution in [0, 0.1) is 11.3 Å². The first-order chi connectivity index (χ1) is 11.7. The molecule has 0 N–H and O–H groups in total. The third kappa shape index (κ3) is 5.05. The normalized spacial score (nSPS) is 24.7.